The van der Waals surface area contributed by atoms with E-state index in [0.717, 1.165) is 6.54 Å². The van der Waals surface area contributed by atoms with Gasteiger partial charge in [-0.15, -0.1) is 0 Å². The van der Waals surface area contributed by atoms with Crippen molar-refractivity contribution in [3.63, 3.8) is 0 Å². The van der Waals surface area contributed by atoms with Crippen LogP contribution in [-0.4, -0.2) is 75.6 Å². The zero-order valence-corrected chi connectivity index (χ0v) is 37.8. The van der Waals surface area contributed by atoms with Crippen molar-refractivity contribution in [3.8, 4) is 0 Å². The Morgan fingerprint density at radius 1 is 0.524 bits per heavy atom. The topological polar surface area (TPSA) is 24.1 Å². The number of halogens is 2. The van der Waals surface area contributed by atoms with E-state index in [0.29, 0.717) is 30.9 Å². The molecule has 0 aromatic heterocycles. The van der Waals surface area contributed by atoms with Crippen molar-refractivity contribution in [2.45, 2.75) is 169 Å². The molecule has 42 heavy (non-hydrogen) atoms. The van der Waals surface area contributed by atoms with Crippen molar-refractivity contribution >= 4 is 44.0 Å². The summed E-state index contributed by atoms with van der Waals surface area (Å²) in [6, 6.07) is 0. The fourth-order valence-electron chi connectivity index (χ4n) is 6.47. The first-order valence-corrected chi connectivity index (χ1v) is 23.4. The second-order valence-corrected chi connectivity index (χ2v) is 30.4. The van der Waals surface area contributed by atoms with Gasteiger partial charge in [-0.05, 0) is 119 Å². The van der Waals surface area contributed by atoms with Crippen LogP contribution in [0.3, 0.4) is 0 Å². The molecule has 0 aromatic rings. The molecule has 0 saturated heterocycles. The van der Waals surface area contributed by atoms with E-state index in [9.17, 15) is 0 Å². The van der Waals surface area contributed by atoms with Gasteiger partial charge in [0.15, 0.2) is 0 Å². The summed E-state index contributed by atoms with van der Waals surface area (Å²) < 4.78 is 0. The summed E-state index contributed by atoms with van der Waals surface area (Å²) in [5.74, 6) is 0. The molecule has 2 nitrogen and oxygen atoms in total. The fraction of sp³-hybridized carbons (Fsp3) is 1.00. The Labute approximate surface area is 296 Å². The molecule has 0 bridgehead atoms. The van der Waals surface area contributed by atoms with Crippen LogP contribution in [0.25, 0.3) is 0 Å². The van der Waals surface area contributed by atoms with Crippen molar-refractivity contribution < 1.29 is 30.2 Å². The van der Waals surface area contributed by atoms with Gasteiger partial charge in [0.1, 0.15) is 0 Å². The third-order valence-corrected chi connectivity index (χ3v) is 19.9. The number of nitrogens with one attached hydrogen (secondary N) is 2. The van der Waals surface area contributed by atoms with E-state index in [1.807, 2.05) is 0 Å². The summed E-state index contributed by atoms with van der Waals surface area (Å²) in [5, 5.41) is 10.2. The van der Waals surface area contributed by atoms with Gasteiger partial charge in [0, 0.05) is 28.9 Å². The molecule has 0 saturated carbocycles. The van der Waals surface area contributed by atoms with Crippen molar-refractivity contribution in [1.82, 2.24) is 10.6 Å². The first kappa shape index (κ1) is 51.7. The third-order valence-electron chi connectivity index (χ3n) is 7.28. The van der Waals surface area contributed by atoms with Gasteiger partial charge in [-0.25, -0.2) is 0 Å². The zero-order valence-electron chi connectivity index (χ0n) is 31.5. The Balaban J connectivity index is -0.000000328. The summed E-state index contributed by atoms with van der Waals surface area (Å²) in [6.45, 7) is 50.6. The van der Waals surface area contributed by atoms with Crippen molar-refractivity contribution in [2.75, 3.05) is 44.7 Å². The van der Waals surface area contributed by atoms with Gasteiger partial charge in [0.25, 0.3) is 0 Å². The molecule has 0 aliphatic carbocycles. The van der Waals surface area contributed by atoms with Crippen molar-refractivity contribution in [3.05, 3.63) is 0 Å². The van der Waals surface area contributed by atoms with Crippen LogP contribution in [0.1, 0.15) is 138 Å². The molecule has 0 spiro atoms. The van der Waals surface area contributed by atoms with E-state index >= 15 is 0 Å². The Kier molecular flexibility index (Phi) is 29.6. The molecule has 0 aromatic carbocycles. The average molecular weight is 793 g/mol. The Bertz CT molecular complexity index is 552. The van der Waals surface area contributed by atoms with Crippen LogP contribution in [0.15, 0.2) is 0 Å². The van der Waals surface area contributed by atoms with E-state index in [1.54, 1.807) is 0 Å². The minimum absolute atomic E-state index is 0.0781. The molecule has 0 heterocycles. The van der Waals surface area contributed by atoms with Crippen LogP contribution in [0.4, 0.5) is 0 Å². The van der Waals surface area contributed by atoms with Gasteiger partial charge >= 0.3 is 50.4 Å². The van der Waals surface area contributed by atoms with Crippen LogP contribution in [-0.2, 0) is 30.2 Å². The molecule has 267 valence electrons. The van der Waals surface area contributed by atoms with Gasteiger partial charge in [0.05, 0.1) is 32.9 Å². The molecular weight excluding hydrogens is 715 g/mol. The summed E-state index contributed by atoms with van der Waals surface area (Å²) in [7, 11) is 7.71. The van der Waals surface area contributed by atoms with Crippen molar-refractivity contribution in [1.29, 1.82) is 0 Å². The average Bonchev–Trinajstić information content (AvgIpc) is 2.76. The summed E-state index contributed by atoms with van der Waals surface area (Å²) >= 11 is 7.32. The standard InChI is InChI=1S/C20H45NP2.C13H30NP.2ClH.2Cu/c1-17(2,3)22(18(4,5)6)15-13-21-14-16-23(19(7,8)9)20(10,11)12;1-8-9-14-10-11-15(12(2,3)4)13(5,6)7;;;;/h21H,13-16H2,1-12H3;14H,8-11H2,1-7H3;2*1H;;/q;;;;+1;+2. The van der Waals surface area contributed by atoms with E-state index < -0.39 is 0 Å². The molecular formula is C33H77Cl2Cu2N2P3+3. The monoisotopic (exact) mass is 790 g/mol. The maximum atomic E-state index is 4.20. The first-order chi connectivity index (χ1) is 18.7. The maximum absolute atomic E-state index is 4.20. The number of rotatable bonds is 11. The second-order valence-electron chi connectivity index (χ2n) is 17.5. The Morgan fingerprint density at radius 3 is 1.00 bits per heavy atom. The molecule has 0 rings (SSSR count). The van der Waals surface area contributed by atoms with Crippen LogP contribution in [0.2, 0.25) is 0 Å². The fourth-order valence-corrected chi connectivity index (χ4v) is 18.6. The molecule has 0 amide bonds. The summed E-state index contributed by atoms with van der Waals surface area (Å²) in [6.07, 6.45) is 5.35. The minimum atomic E-state index is -0.386. The van der Waals surface area contributed by atoms with E-state index in [-0.39, 0.29) is 23.8 Å². The molecule has 0 fully saturated rings. The van der Waals surface area contributed by atoms with Crippen LogP contribution < -0.4 is 10.6 Å². The van der Waals surface area contributed by atoms with Crippen LogP contribution >= 0.6 is 44.0 Å². The molecule has 9 heteroatoms. The molecule has 0 aliphatic heterocycles. The SMILES string of the molecule is CC(C)(C)[PH+](CCNCC[PH+](C(C)(C)C)C(C)(C)C)C(C)(C)C.CCCNCCP(C(C)(C)C)C(C)(C)C.[Cl][Cu+].[Cl][Cu]. The number of hydrogen-bond acceptors (Lipinski definition) is 2. The summed E-state index contributed by atoms with van der Waals surface area (Å²) in [5.41, 5.74) is 0. The van der Waals surface area contributed by atoms with E-state index in [2.05, 4.69) is 193 Å². The van der Waals surface area contributed by atoms with Gasteiger partial charge in [-0.2, -0.15) is 0 Å². The third kappa shape index (κ3) is 26.9. The summed E-state index contributed by atoms with van der Waals surface area (Å²) in [4.78, 5) is 0. The molecule has 0 unspecified atom stereocenters. The van der Waals surface area contributed by atoms with Gasteiger partial charge in [0.2, 0.25) is 0 Å². The quantitative estimate of drug-likeness (QED) is 0.124. The van der Waals surface area contributed by atoms with E-state index in [1.165, 1.54) is 44.5 Å². The predicted molar refractivity (Wildman–Crippen MR) is 204 cm³/mol. The zero-order chi connectivity index (χ0) is 34.8. The molecule has 2 N–H and O–H groups in total. The van der Waals surface area contributed by atoms with Gasteiger partial charge in [-0.3, -0.25) is 0 Å². The van der Waals surface area contributed by atoms with Crippen LogP contribution in [0.5, 0.6) is 0 Å². The predicted octanol–water partition coefficient (Wildman–Crippen LogP) is 11.6. The van der Waals surface area contributed by atoms with Crippen molar-refractivity contribution in [2.24, 2.45) is 0 Å². The second kappa shape index (κ2) is 24.0. The molecule has 0 radical (unpaired) electrons. The normalized spacial score (nSPS) is 13.3. The Morgan fingerprint density at radius 2 is 0.786 bits per heavy atom. The molecule has 0 atom stereocenters. The van der Waals surface area contributed by atoms with Crippen LogP contribution in [0, 0.1) is 0 Å². The molecule has 0 aliphatic rings. The Hall–Kier alpha value is 2.83. The van der Waals surface area contributed by atoms with E-state index in [4.69, 9.17) is 0 Å². The van der Waals surface area contributed by atoms with Gasteiger partial charge < -0.3 is 10.6 Å². The van der Waals surface area contributed by atoms with Gasteiger partial charge in [-0.1, -0.05) is 56.4 Å². The number of hydrogen-bond donors (Lipinski definition) is 2. The first-order valence-electron chi connectivity index (χ1n) is 15.8.